The highest BCUT2D eigenvalue weighted by Crippen LogP contribution is 2.30. The SMILES string of the molecule is CNC(=O)CN1Cc2ccccc2N(C(=O)c2ccc(OCCO)cc2Cl)CC1=O. The van der Waals surface area contributed by atoms with Crippen molar-refractivity contribution in [3.63, 3.8) is 0 Å². The summed E-state index contributed by atoms with van der Waals surface area (Å²) in [5.74, 6) is -0.643. The summed E-state index contributed by atoms with van der Waals surface area (Å²) in [5.41, 5.74) is 1.56. The maximum absolute atomic E-state index is 13.3. The van der Waals surface area contributed by atoms with Crippen LogP contribution in [0.1, 0.15) is 15.9 Å². The van der Waals surface area contributed by atoms with Crippen molar-refractivity contribution in [3.8, 4) is 5.75 Å². The molecule has 1 aliphatic heterocycles. The number of fused-ring (bicyclic) bond motifs is 1. The second kappa shape index (κ2) is 9.60. The Bertz CT molecular complexity index is 965. The Morgan fingerprint density at radius 2 is 1.97 bits per heavy atom. The van der Waals surface area contributed by atoms with Crippen LogP contribution in [0.2, 0.25) is 5.02 Å². The Kier molecular flexibility index (Phi) is 6.91. The molecule has 3 rings (SSSR count). The molecule has 2 aromatic rings. The van der Waals surface area contributed by atoms with Crippen LogP contribution in [-0.4, -0.2) is 61.1 Å². The van der Waals surface area contributed by atoms with Gasteiger partial charge in [-0.05, 0) is 29.8 Å². The third kappa shape index (κ3) is 4.72. The normalized spacial score (nSPS) is 13.5. The number of likely N-dealkylation sites (N-methyl/N-ethyl adjacent to an activating group) is 1. The van der Waals surface area contributed by atoms with E-state index in [9.17, 15) is 14.4 Å². The van der Waals surface area contributed by atoms with Gasteiger partial charge in [0.1, 0.15) is 18.9 Å². The summed E-state index contributed by atoms with van der Waals surface area (Å²) in [5, 5.41) is 11.5. The first-order valence-corrected chi connectivity index (χ1v) is 9.73. The molecule has 30 heavy (non-hydrogen) atoms. The number of carbonyl (C=O) groups is 3. The molecule has 0 radical (unpaired) electrons. The number of anilines is 1. The molecule has 0 fully saturated rings. The van der Waals surface area contributed by atoms with E-state index >= 15 is 0 Å². The van der Waals surface area contributed by atoms with E-state index in [0.29, 0.717) is 11.4 Å². The molecular weight excluding hydrogens is 410 g/mol. The zero-order chi connectivity index (χ0) is 21.7. The van der Waals surface area contributed by atoms with E-state index in [1.54, 1.807) is 18.2 Å². The van der Waals surface area contributed by atoms with Crippen molar-refractivity contribution < 1.29 is 24.2 Å². The first-order chi connectivity index (χ1) is 14.4. The van der Waals surface area contributed by atoms with Crippen LogP contribution < -0.4 is 15.0 Å². The average Bonchev–Trinajstić information content (AvgIpc) is 2.88. The van der Waals surface area contributed by atoms with E-state index in [2.05, 4.69) is 5.32 Å². The minimum Gasteiger partial charge on any atom is -0.491 e. The molecule has 0 saturated heterocycles. The number of hydrogen-bond donors (Lipinski definition) is 2. The Morgan fingerprint density at radius 3 is 2.67 bits per heavy atom. The molecule has 8 nitrogen and oxygen atoms in total. The fraction of sp³-hybridized carbons (Fsp3) is 0.286. The van der Waals surface area contributed by atoms with Crippen LogP contribution in [0.4, 0.5) is 5.69 Å². The highest BCUT2D eigenvalue weighted by molar-refractivity contribution is 6.34. The maximum Gasteiger partial charge on any atom is 0.260 e. The number of nitrogens with zero attached hydrogens (tertiary/aromatic N) is 2. The molecule has 0 atom stereocenters. The van der Waals surface area contributed by atoms with Crippen LogP contribution in [0, 0.1) is 0 Å². The van der Waals surface area contributed by atoms with Gasteiger partial charge in [-0.25, -0.2) is 0 Å². The van der Waals surface area contributed by atoms with Gasteiger partial charge in [-0.3, -0.25) is 19.3 Å². The molecule has 9 heteroatoms. The number of hydrogen-bond acceptors (Lipinski definition) is 5. The van der Waals surface area contributed by atoms with Gasteiger partial charge >= 0.3 is 0 Å². The third-order valence-corrected chi connectivity index (χ3v) is 4.99. The second-order valence-electron chi connectivity index (χ2n) is 6.66. The van der Waals surface area contributed by atoms with Gasteiger partial charge in [-0.1, -0.05) is 29.8 Å². The Balaban J connectivity index is 1.92. The van der Waals surface area contributed by atoms with Crippen molar-refractivity contribution >= 4 is 35.0 Å². The summed E-state index contributed by atoms with van der Waals surface area (Å²) < 4.78 is 5.31. The van der Waals surface area contributed by atoms with Crippen LogP contribution >= 0.6 is 11.6 Å². The molecule has 1 heterocycles. The molecule has 0 aromatic heterocycles. The van der Waals surface area contributed by atoms with Crippen LogP contribution in [0.3, 0.4) is 0 Å². The second-order valence-corrected chi connectivity index (χ2v) is 7.06. The maximum atomic E-state index is 13.3. The first-order valence-electron chi connectivity index (χ1n) is 9.36. The molecule has 0 aliphatic carbocycles. The van der Waals surface area contributed by atoms with Gasteiger partial charge < -0.3 is 20.1 Å². The summed E-state index contributed by atoms with van der Waals surface area (Å²) in [6, 6.07) is 11.8. The van der Waals surface area contributed by atoms with Gasteiger partial charge in [0.25, 0.3) is 5.91 Å². The fourth-order valence-corrected chi connectivity index (χ4v) is 3.42. The van der Waals surface area contributed by atoms with Crippen LogP contribution in [0.5, 0.6) is 5.75 Å². The Labute approximate surface area is 179 Å². The molecule has 3 amide bonds. The largest absolute Gasteiger partial charge is 0.491 e. The van der Waals surface area contributed by atoms with Crippen molar-refractivity contribution in [3.05, 3.63) is 58.6 Å². The topological polar surface area (TPSA) is 99.2 Å². The van der Waals surface area contributed by atoms with Crippen LogP contribution in [0.25, 0.3) is 0 Å². The zero-order valence-corrected chi connectivity index (χ0v) is 17.2. The highest BCUT2D eigenvalue weighted by Gasteiger charge is 2.31. The van der Waals surface area contributed by atoms with Gasteiger partial charge in [0.15, 0.2) is 0 Å². The van der Waals surface area contributed by atoms with E-state index in [4.69, 9.17) is 21.4 Å². The lowest BCUT2D eigenvalue weighted by atomic mass is 10.1. The van der Waals surface area contributed by atoms with Gasteiger partial charge in [0.05, 0.1) is 23.7 Å². The minimum atomic E-state index is -0.434. The Morgan fingerprint density at radius 1 is 1.20 bits per heavy atom. The van der Waals surface area contributed by atoms with Crippen molar-refractivity contribution in [2.75, 3.05) is 38.3 Å². The monoisotopic (exact) mass is 431 g/mol. The lowest BCUT2D eigenvalue weighted by Gasteiger charge is -2.23. The number of benzene rings is 2. The lowest BCUT2D eigenvalue weighted by molar-refractivity contribution is -0.135. The number of ether oxygens (including phenoxy) is 1. The number of nitrogens with one attached hydrogen (secondary N) is 1. The van der Waals surface area contributed by atoms with Crippen LogP contribution in [0.15, 0.2) is 42.5 Å². The molecule has 0 spiro atoms. The number of carbonyl (C=O) groups excluding carboxylic acids is 3. The van der Waals surface area contributed by atoms with Crippen molar-refractivity contribution in [2.45, 2.75) is 6.54 Å². The van der Waals surface area contributed by atoms with E-state index in [-0.39, 0.29) is 55.2 Å². The molecule has 0 unspecified atom stereocenters. The average molecular weight is 432 g/mol. The number of amides is 3. The molecular formula is C21H22ClN3O5. The molecule has 0 bridgehead atoms. The molecule has 2 aromatic carbocycles. The quantitative estimate of drug-likeness (QED) is 0.721. The molecule has 1 aliphatic rings. The summed E-state index contributed by atoms with van der Waals surface area (Å²) in [6.45, 7) is -0.126. The standard InChI is InChI=1S/C21H22ClN3O5/c1-23-19(27)12-24-11-14-4-2-3-5-18(14)25(13-20(24)28)21(29)16-7-6-15(10-17(16)22)30-9-8-26/h2-7,10,26H,8-9,11-13H2,1H3,(H,23,27). The van der Waals surface area contributed by atoms with E-state index < -0.39 is 5.91 Å². The van der Waals surface area contributed by atoms with E-state index in [1.807, 2.05) is 12.1 Å². The number of rotatable bonds is 6. The smallest absolute Gasteiger partial charge is 0.260 e. The van der Waals surface area contributed by atoms with Crippen molar-refractivity contribution in [1.82, 2.24) is 10.2 Å². The van der Waals surface area contributed by atoms with Crippen molar-refractivity contribution in [1.29, 1.82) is 0 Å². The van der Waals surface area contributed by atoms with Crippen molar-refractivity contribution in [2.24, 2.45) is 0 Å². The number of para-hydroxylation sites is 1. The minimum absolute atomic E-state index is 0.0939. The highest BCUT2D eigenvalue weighted by atomic mass is 35.5. The van der Waals surface area contributed by atoms with E-state index in [0.717, 1.165) is 5.56 Å². The van der Waals surface area contributed by atoms with Gasteiger partial charge in [0.2, 0.25) is 11.8 Å². The molecule has 0 saturated carbocycles. The summed E-state index contributed by atoms with van der Waals surface area (Å²) in [7, 11) is 1.50. The number of aliphatic hydroxyl groups excluding tert-OH is 1. The summed E-state index contributed by atoms with van der Waals surface area (Å²) in [6.07, 6.45) is 0. The lowest BCUT2D eigenvalue weighted by Crippen LogP contribution is -2.43. The predicted octanol–water partition coefficient (Wildman–Crippen LogP) is 1.45. The Hall–Kier alpha value is -3.10. The van der Waals surface area contributed by atoms with Gasteiger partial charge in [-0.15, -0.1) is 0 Å². The van der Waals surface area contributed by atoms with Gasteiger partial charge in [-0.2, -0.15) is 0 Å². The van der Waals surface area contributed by atoms with Gasteiger partial charge in [0, 0.05) is 19.3 Å². The number of aliphatic hydroxyl groups is 1. The van der Waals surface area contributed by atoms with E-state index in [1.165, 1.54) is 29.0 Å². The summed E-state index contributed by atoms with van der Waals surface area (Å²) in [4.78, 5) is 40.7. The molecule has 2 N–H and O–H groups in total. The third-order valence-electron chi connectivity index (χ3n) is 4.68. The molecule has 158 valence electrons. The first kappa shape index (κ1) is 21.6. The predicted molar refractivity (Wildman–Crippen MR) is 112 cm³/mol. The summed E-state index contributed by atoms with van der Waals surface area (Å²) >= 11 is 6.30. The number of halogens is 1. The fourth-order valence-electron chi connectivity index (χ4n) is 3.17. The zero-order valence-electron chi connectivity index (χ0n) is 16.4. The van der Waals surface area contributed by atoms with Crippen LogP contribution in [-0.2, 0) is 16.1 Å².